The Morgan fingerprint density at radius 2 is 1.93 bits per heavy atom. The van der Waals surface area contributed by atoms with Gasteiger partial charge >= 0.3 is 0 Å². The summed E-state index contributed by atoms with van der Waals surface area (Å²) in [6.07, 6.45) is 6.91. The van der Waals surface area contributed by atoms with Gasteiger partial charge in [0.05, 0.1) is 17.1 Å². The summed E-state index contributed by atoms with van der Waals surface area (Å²) in [4.78, 5) is 28.1. The largest absolute Gasteiger partial charge is 0.393 e. The van der Waals surface area contributed by atoms with Crippen molar-refractivity contribution in [1.29, 1.82) is 0 Å². The van der Waals surface area contributed by atoms with Gasteiger partial charge in [-0.25, -0.2) is 0 Å². The van der Waals surface area contributed by atoms with Gasteiger partial charge in [-0.2, -0.15) is 0 Å². The Hall–Kier alpha value is -2.62. The van der Waals surface area contributed by atoms with Crippen LogP contribution in [0.1, 0.15) is 75.0 Å². The standard InChI is InChI=1S/C36H43NO6S/c1-20(2)37-23-8-5-21(6-9-23)15-25-10-12-29(44-25)33-42-31-17-27-26-11-7-22-16-24(39)13-14-34(22,3)32(26)28(40)18-35(27,4)36(31,43-33)30(41)19-38/h5-6,8-10,12-14,16,20,26-28,31-33,37-38,40H,7,11,15,17-19H2,1-4H3/t26-,27-,28-,31+,32+,33+,34-,35-,36+/m0/s1. The van der Waals surface area contributed by atoms with Crippen LogP contribution < -0.4 is 5.32 Å². The first-order valence-electron chi connectivity index (χ1n) is 16.0. The topological polar surface area (TPSA) is 105 Å². The Morgan fingerprint density at radius 1 is 1.16 bits per heavy atom. The molecule has 9 atom stereocenters. The van der Waals surface area contributed by atoms with E-state index >= 15 is 0 Å². The van der Waals surface area contributed by atoms with Crippen LogP contribution in [0, 0.1) is 28.6 Å². The summed E-state index contributed by atoms with van der Waals surface area (Å²) in [5.74, 6) is -0.197. The van der Waals surface area contributed by atoms with Gasteiger partial charge in [0.1, 0.15) is 6.61 Å². The number of thiophene rings is 1. The molecule has 3 N–H and O–H groups in total. The Labute approximate surface area is 263 Å². The second-order valence-corrected chi connectivity index (χ2v) is 15.5. The first-order chi connectivity index (χ1) is 21.0. The second kappa shape index (κ2) is 10.7. The molecule has 8 heteroatoms. The molecule has 0 radical (unpaired) electrons. The molecule has 4 fully saturated rings. The minimum Gasteiger partial charge on any atom is -0.393 e. The van der Waals surface area contributed by atoms with Crippen molar-refractivity contribution in [2.75, 3.05) is 11.9 Å². The Morgan fingerprint density at radius 3 is 2.66 bits per heavy atom. The molecule has 0 spiro atoms. The monoisotopic (exact) mass is 617 g/mol. The van der Waals surface area contributed by atoms with Crippen LogP contribution in [0.25, 0.3) is 0 Å². The van der Waals surface area contributed by atoms with Crippen LogP contribution in [0.3, 0.4) is 0 Å². The molecule has 3 saturated carbocycles. The van der Waals surface area contributed by atoms with E-state index in [1.165, 1.54) is 10.4 Å². The van der Waals surface area contributed by atoms with Crippen LogP contribution >= 0.6 is 11.3 Å². The number of Topliss-reactive ketones (excluding diaryl/α,β-unsaturated/α-hetero) is 1. The van der Waals surface area contributed by atoms with Gasteiger partial charge in [0.15, 0.2) is 23.5 Å². The number of rotatable bonds is 7. The molecular formula is C36H43NO6S. The van der Waals surface area contributed by atoms with Gasteiger partial charge in [0.2, 0.25) is 0 Å². The average molecular weight is 618 g/mol. The van der Waals surface area contributed by atoms with E-state index < -0.39 is 41.5 Å². The Balaban J connectivity index is 1.14. The van der Waals surface area contributed by atoms with Crippen LogP contribution in [0.2, 0.25) is 0 Å². The van der Waals surface area contributed by atoms with Crippen molar-refractivity contribution in [2.24, 2.45) is 28.6 Å². The van der Waals surface area contributed by atoms with E-state index in [1.54, 1.807) is 23.5 Å². The van der Waals surface area contributed by atoms with Gasteiger partial charge in [-0.1, -0.05) is 37.6 Å². The predicted molar refractivity (Wildman–Crippen MR) is 169 cm³/mol. The van der Waals surface area contributed by atoms with Gasteiger partial charge in [-0.15, -0.1) is 11.3 Å². The van der Waals surface area contributed by atoms with E-state index in [0.29, 0.717) is 18.9 Å². The number of ketones is 2. The smallest absolute Gasteiger partial charge is 0.194 e. The molecule has 1 saturated heterocycles. The fourth-order valence-corrected chi connectivity index (χ4v) is 10.7. The van der Waals surface area contributed by atoms with Crippen molar-refractivity contribution in [2.45, 2.75) is 89.9 Å². The second-order valence-electron chi connectivity index (χ2n) is 14.3. The molecular weight excluding hydrogens is 574 g/mol. The fraction of sp³-hybridized carbons (Fsp3) is 0.556. The highest BCUT2D eigenvalue weighted by molar-refractivity contribution is 7.12. The summed E-state index contributed by atoms with van der Waals surface area (Å²) < 4.78 is 13.4. The van der Waals surface area contributed by atoms with E-state index in [0.717, 1.165) is 35.4 Å². The zero-order chi connectivity index (χ0) is 31.0. The molecule has 1 aliphatic heterocycles. The minimum atomic E-state index is -1.33. The quantitative estimate of drug-likeness (QED) is 0.363. The fourth-order valence-electron chi connectivity index (χ4n) is 9.68. The molecule has 4 aliphatic carbocycles. The molecule has 234 valence electrons. The van der Waals surface area contributed by atoms with Crippen LogP contribution in [-0.4, -0.2) is 52.2 Å². The lowest BCUT2D eigenvalue weighted by Gasteiger charge is -2.59. The highest BCUT2D eigenvalue weighted by Gasteiger charge is 2.76. The minimum absolute atomic E-state index is 0.00961. The third kappa shape index (κ3) is 4.43. The van der Waals surface area contributed by atoms with Gasteiger partial charge in [-0.05, 0) is 93.3 Å². The van der Waals surface area contributed by atoms with E-state index in [-0.39, 0.29) is 29.3 Å². The van der Waals surface area contributed by atoms with Crippen molar-refractivity contribution in [1.82, 2.24) is 0 Å². The number of nitrogens with one attached hydrogen (secondary N) is 1. The first kappa shape index (κ1) is 30.1. The van der Waals surface area contributed by atoms with Crippen molar-refractivity contribution in [3.05, 3.63) is 75.5 Å². The maximum absolute atomic E-state index is 13.8. The molecule has 5 aliphatic rings. The SMILES string of the molecule is CC(C)Nc1ccc(Cc2ccc([C@@H]3O[C@@H]4C[C@H]5[C@@H]6CCC7=CC(=O)C=C[C@]7(C)[C@H]6[C@@H](O)C[C@]5(C)[C@]4(C(=O)CO)O3)s2)cc1. The van der Waals surface area contributed by atoms with Gasteiger partial charge in [-0.3, -0.25) is 9.59 Å². The summed E-state index contributed by atoms with van der Waals surface area (Å²) in [6.45, 7) is 7.82. The summed E-state index contributed by atoms with van der Waals surface area (Å²) in [7, 11) is 0. The lowest BCUT2D eigenvalue weighted by Crippen LogP contribution is -2.63. The number of anilines is 1. The van der Waals surface area contributed by atoms with E-state index in [4.69, 9.17) is 9.47 Å². The number of carbonyl (C=O) groups is 2. The van der Waals surface area contributed by atoms with Crippen molar-refractivity contribution in [3.63, 3.8) is 0 Å². The van der Waals surface area contributed by atoms with E-state index in [2.05, 4.69) is 63.3 Å². The first-order valence-corrected chi connectivity index (χ1v) is 16.8. The number of carbonyl (C=O) groups excluding carboxylic acids is 2. The molecule has 1 aromatic heterocycles. The third-order valence-electron chi connectivity index (χ3n) is 11.5. The molecule has 1 aromatic carbocycles. The highest BCUT2D eigenvalue weighted by atomic mass is 32.1. The zero-order valence-electron chi connectivity index (χ0n) is 25.9. The number of allylic oxidation sites excluding steroid dienone is 4. The average Bonchev–Trinajstić information content (AvgIpc) is 3.66. The molecule has 2 aromatic rings. The summed E-state index contributed by atoms with van der Waals surface area (Å²) >= 11 is 1.63. The van der Waals surface area contributed by atoms with Gasteiger partial charge in [0, 0.05) is 39.8 Å². The lowest BCUT2D eigenvalue weighted by atomic mass is 9.46. The number of aliphatic hydroxyl groups excluding tert-OH is 2. The number of hydrogen-bond acceptors (Lipinski definition) is 8. The third-order valence-corrected chi connectivity index (χ3v) is 12.6. The van der Waals surface area contributed by atoms with Crippen LogP contribution in [0.4, 0.5) is 5.69 Å². The molecule has 0 unspecified atom stereocenters. The molecule has 44 heavy (non-hydrogen) atoms. The molecule has 7 nitrogen and oxygen atoms in total. The van der Waals surface area contributed by atoms with E-state index in [9.17, 15) is 19.8 Å². The van der Waals surface area contributed by atoms with Gasteiger partial charge in [0.25, 0.3) is 0 Å². The van der Waals surface area contributed by atoms with Crippen molar-refractivity contribution in [3.8, 4) is 0 Å². The number of ether oxygens (including phenoxy) is 2. The lowest BCUT2D eigenvalue weighted by molar-refractivity contribution is -0.200. The summed E-state index contributed by atoms with van der Waals surface area (Å²) in [5, 5.41) is 25.5. The molecule has 2 heterocycles. The Bertz CT molecular complexity index is 1530. The van der Waals surface area contributed by atoms with Crippen molar-refractivity contribution >= 4 is 28.6 Å². The maximum atomic E-state index is 13.8. The maximum Gasteiger partial charge on any atom is 0.194 e. The van der Waals surface area contributed by atoms with Gasteiger partial charge < -0.3 is 25.0 Å². The number of fused-ring (bicyclic) bond motifs is 7. The van der Waals surface area contributed by atoms with Crippen LogP contribution in [0.15, 0.2) is 60.2 Å². The number of hydrogen-bond donors (Lipinski definition) is 3. The number of aliphatic hydroxyl groups is 2. The predicted octanol–water partition coefficient (Wildman–Crippen LogP) is 5.76. The molecule has 0 bridgehead atoms. The normalized spacial score (nSPS) is 39.0. The molecule has 0 amide bonds. The zero-order valence-corrected chi connectivity index (χ0v) is 26.7. The van der Waals surface area contributed by atoms with E-state index in [1.807, 2.05) is 12.1 Å². The number of benzene rings is 1. The summed E-state index contributed by atoms with van der Waals surface area (Å²) in [6, 6.07) is 13.0. The molecule has 7 rings (SSSR count). The Kier molecular flexibility index (Phi) is 7.33. The summed E-state index contributed by atoms with van der Waals surface area (Å²) in [5.41, 5.74) is 0.974. The van der Waals surface area contributed by atoms with Crippen LogP contribution in [-0.2, 0) is 25.5 Å². The van der Waals surface area contributed by atoms with Crippen molar-refractivity contribution < 1.29 is 29.3 Å². The highest BCUT2D eigenvalue weighted by Crippen LogP contribution is 2.70. The van der Waals surface area contributed by atoms with Crippen LogP contribution in [0.5, 0.6) is 0 Å².